The molecule has 0 amide bonds. The van der Waals surface area contributed by atoms with Gasteiger partial charge in [0.1, 0.15) is 0 Å². The van der Waals surface area contributed by atoms with Crippen molar-refractivity contribution in [3.63, 3.8) is 0 Å². The SMILES string of the molecule is CCOCCC(C)(CBr)CBr. The Morgan fingerprint density at radius 2 is 1.82 bits per heavy atom. The summed E-state index contributed by atoms with van der Waals surface area (Å²) in [7, 11) is 0. The Bertz CT molecular complexity index is 92.1. The third-order valence-corrected chi connectivity index (χ3v) is 4.41. The minimum Gasteiger partial charge on any atom is -0.382 e. The molecule has 0 atom stereocenters. The molecule has 0 bridgehead atoms. The van der Waals surface area contributed by atoms with E-state index >= 15 is 0 Å². The molecule has 0 rings (SSSR count). The van der Waals surface area contributed by atoms with Crippen molar-refractivity contribution in [2.24, 2.45) is 5.41 Å². The minimum atomic E-state index is 0.342. The third-order valence-electron chi connectivity index (χ3n) is 1.70. The van der Waals surface area contributed by atoms with Crippen molar-refractivity contribution in [2.45, 2.75) is 20.3 Å². The molecule has 0 aromatic carbocycles. The Kier molecular flexibility index (Phi) is 6.98. The van der Waals surface area contributed by atoms with Crippen LogP contribution in [0.1, 0.15) is 20.3 Å². The number of hydrogen-bond donors (Lipinski definition) is 0. The van der Waals surface area contributed by atoms with Crippen molar-refractivity contribution >= 4 is 31.9 Å². The van der Waals surface area contributed by atoms with Crippen LogP contribution in [0.3, 0.4) is 0 Å². The van der Waals surface area contributed by atoms with Gasteiger partial charge in [-0.15, -0.1) is 0 Å². The molecule has 3 heteroatoms. The van der Waals surface area contributed by atoms with Crippen LogP contribution >= 0.6 is 31.9 Å². The Labute approximate surface area is 86.1 Å². The van der Waals surface area contributed by atoms with E-state index in [9.17, 15) is 0 Å². The molecule has 0 saturated heterocycles. The highest BCUT2D eigenvalue weighted by Gasteiger charge is 2.20. The first-order valence-electron chi connectivity index (χ1n) is 3.88. The summed E-state index contributed by atoms with van der Waals surface area (Å²) in [6.07, 6.45) is 1.11. The molecule has 68 valence electrons. The van der Waals surface area contributed by atoms with E-state index in [2.05, 4.69) is 38.8 Å². The van der Waals surface area contributed by atoms with E-state index in [1.54, 1.807) is 0 Å². The van der Waals surface area contributed by atoms with Gasteiger partial charge in [-0.2, -0.15) is 0 Å². The maximum absolute atomic E-state index is 5.29. The van der Waals surface area contributed by atoms with E-state index in [4.69, 9.17) is 4.74 Å². The van der Waals surface area contributed by atoms with E-state index in [1.807, 2.05) is 6.92 Å². The van der Waals surface area contributed by atoms with Gasteiger partial charge in [0.15, 0.2) is 0 Å². The Hall–Kier alpha value is 0.920. The smallest absolute Gasteiger partial charge is 0.0471 e. The molecular formula is C8H16Br2O. The molecule has 0 aromatic rings. The average Bonchev–Trinajstić information content (AvgIpc) is 2.05. The first-order valence-corrected chi connectivity index (χ1v) is 6.12. The standard InChI is InChI=1S/C8H16Br2O/c1-3-11-5-4-8(2,6-9)7-10/h3-7H2,1-2H3. The van der Waals surface area contributed by atoms with Crippen molar-refractivity contribution in [3.8, 4) is 0 Å². The lowest BCUT2D eigenvalue weighted by molar-refractivity contribution is 0.122. The van der Waals surface area contributed by atoms with E-state index in [0.29, 0.717) is 5.41 Å². The Morgan fingerprint density at radius 1 is 1.27 bits per heavy atom. The highest BCUT2D eigenvalue weighted by molar-refractivity contribution is 9.09. The normalized spacial score (nSPS) is 12.0. The van der Waals surface area contributed by atoms with Gasteiger partial charge < -0.3 is 4.74 Å². The Balaban J connectivity index is 3.51. The van der Waals surface area contributed by atoms with E-state index in [1.165, 1.54) is 0 Å². The molecule has 0 aliphatic carbocycles. The molecule has 1 nitrogen and oxygen atoms in total. The summed E-state index contributed by atoms with van der Waals surface area (Å²) in [5.41, 5.74) is 0.342. The number of ether oxygens (including phenoxy) is 1. The van der Waals surface area contributed by atoms with Crippen molar-refractivity contribution in [1.82, 2.24) is 0 Å². The van der Waals surface area contributed by atoms with Crippen LogP contribution in [0, 0.1) is 5.41 Å². The quantitative estimate of drug-likeness (QED) is 0.538. The molecule has 0 unspecified atom stereocenters. The van der Waals surface area contributed by atoms with Crippen molar-refractivity contribution in [2.75, 3.05) is 23.9 Å². The van der Waals surface area contributed by atoms with Gasteiger partial charge in [0.25, 0.3) is 0 Å². The fourth-order valence-corrected chi connectivity index (χ4v) is 2.12. The van der Waals surface area contributed by atoms with Gasteiger partial charge in [0.05, 0.1) is 0 Å². The van der Waals surface area contributed by atoms with Gasteiger partial charge in [-0.25, -0.2) is 0 Å². The summed E-state index contributed by atoms with van der Waals surface area (Å²) in [6.45, 7) is 5.96. The van der Waals surface area contributed by atoms with Crippen LogP contribution in [-0.4, -0.2) is 23.9 Å². The number of hydrogen-bond acceptors (Lipinski definition) is 1. The second-order valence-electron chi connectivity index (χ2n) is 3.02. The maximum atomic E-state index is 5.29. The molecule has 0 saturated carbocycles. The molecule has 0 aliphatic rings. The van der Waals surface area contributed by atoms with Crippen LogP contribution in [0.15, 0.2) is 0 Å². The van der Waals surface area contributed by atoms with Crippen molar-refractivity contribution in [1.29, 1.82) is 0 Å². The van der Waals surface area contributed by atoms with Gasteiger partial charge in [-0.05, 0) is 18.8 Å². The molecular weight excluding hydrogens is 272 g/mol. The lowest BCUT2D eigenvalue weighted by Gasteiger charge is -2.24. The molecule has 0 N–H and O–H groups in total. The number of alkyl halides is 2. The largest absolute Gasteiger partial charge is 0.382 e. The first-order chi connectivity index (χ1) is 5.18. The summed E-state index contributed by atoms with van der Waals surface area (Å²) in [4.78, 5) is 0. The fraction of sp³-hybridized carbons (Fsp3) is 1.00. The van der Waals surface area contributed by atoms with Crippen molar-refractivity contribution < 1.29 is 4.74 Å². The minimum absolute atomic E-state index is 0.342. The van der Waals surface area contributed by atoms with Gasteiger partial charge >= 0.3 is 0 Å². The Morgan fingerprint density at radius 3 is 2.18 bits per heavy atom. The second-order valence-corrected chi connectivity index (χ2v) is 4.15. The summed E-state index contributed by atoms with van der Waals surface area (Å²) in [5.74, 6) is 0. The highest BCUT2D eigenvalue weighted by atomic mass is 79.9. The summed E-state index contributed by atoms with van der Waals surface area (Å²) in [6, 6.07) is 0. The van der Waals surface area contributed by atoms with Gasteiger partial charge in [-0.3, -0.25) is 0 Å². The average molecular weight is 288 g/mol. The predicted molar refractivity (Wildman–Crippen MR) is 56.8 cm³/mol. The van der Waals surface area contributed by atoms with Crippen LogP contribution in [0.2, 0.25) is 0 Å². The highest BCUT2D eigenvalue weighted by Crippen LogP contribution is 2.26. The van der Waals surface area contributed by atoms with Crippen LogP contribution in [0.4, 0.5) is 0 Å². The molecule has 0 heterocycles. The molecule has 0 radical (unpaired) electrons. The number of rotatable bonds is 6. The van der Waals surface area contributed by atoms with E-state index < -0.39 is 0 Å². The van der Waals surface area contributed by atoms with Crippen LogP contribution in [-0.2, 0) is 4.74 Å². The lowest BCUT2D eigenvalue weighted by Crippen LogP contribution is -2.22. The summed E-state index contributed by atoms with van der Waals surface area (Å²) < 4.78 is 5.29. The van der Waals surface area contributed by atoms with Gasteiger partial charge in [0, 0.05) is 23.9 Å². The maximum Gasteiger partial charge on any atom is 0.0471 e. The fourth-order valence-electron chi connectivity index (χ4n) is 0.632. The van der Waals surface area contributed by atoms with Gasteiger partial charge in [-0.1, -0.05) is 38.8 Å². The molecule has 0 fully saturated rings. The topological polar surface area (TPSA) is 9.23 Å². The molecule has 0 aromatic heterocycles. The zero-order chi connectivity index (χ0) is 8.74. The summed E-state index contributed by atoms with van der Waals surface area (Å²) in [5, 5.41) is 2.05. The van der Waals surface area contributed by atoms with E-state index in [-0.39, 0.29) is 0 Å². The first kappa shape index (κ1) is 11.9. The van der Waals surface area contributed by atoms with Crippen molar-refractivity contribution in [3.05, 3.63) is 0 Å². The monoisotopic (exact) mass is 286 g/mol. The number of halogens is 2. The van der Waals surface area contributed by atoms with Crippen LogP contribution in [0.25, 0.3) is 0 Å². The molecule has 0 aliphatic heterocycles. The summed E-state index contributed by atoms with van der Waals surface area (Å²) >= 11 is 7.00. The zero-order valence-electron chi connectivity index (χ0n) is 7.20. The third kappa shape index (κ3) is 5.21. The second kappa shape index (κ2) is 6.44. The van der Waals surface area contributed by atoms with Crippen LogP contribution < -0.4 is 0 Å². The van der Waals surface area contributed by atoms with E-state index in [0.717, 1.165) is 30.3 Å². The van der Waals surface area contributed by atoms with Gasteiger partial charge in [0.2, 0.25) is 0 Å². The molecule has 0 spiro atoms. The predicted octanol–water partition coefficient (Wildman–Crippen LogP) is 3.21. The molecule has 11 heavy (non-hydrogen) atoms. The lowest BCUT2D eigenvalue weighted by atomic mass is 9.93. The van der Waals surface area contributed by atoms with Crippen LogP contribution in [0.5, 0.6) is 0 Å². The zero-order valence-corrected chi connectivity index (χ0v) is 10.4.